The summed E-state index contributed by atoms with van der Waals surface area (Å²) in [4.78, 5) is 16.5. The molecule has 0 saturated heterocycles. The average Bonchev–Trinajstić information content (AvgIpc) is 2.73. The van der Waals surface area contributed by atoms with Crippen LogP contribution in [-0.2, 0) is 0 Å². The number of hydrogen-bond donors (Lipinski definition) is 1. The van der Waals surface area contributed by atoms with Crippen molar-refractivity contribution in [2.75, 3.05) is 0 Å². The van der Waals surface area contributed by atoms with E-state index in [-0.39, 0.29) is 5.56 Å². The van der Waals surface area contributed by atoms with Crippen molar-refractivity contribution in [2.24, 2.45) is 0 Å². The number of benzene rings is 1. The highest BCUT2D eigenvalue weighted by atomic mass is 79.9. The molecule has 1 aromatic carbocycles. The topological polar surface area (TPSA) is 50.7 Å². The van der Waals surface area contributed by atoms with Crippen LogP contribution in [0.5, 0.6) is 0 Å². The number of halogens is 2. The Morgan fingerprint density at radius 1 is 1.32 bits per heavy atom. The zero-order valence-corrected chi connectivity index (χ0v) is 12.3. The van der Waals surface area contributed by atoms with E-state index in [4.69, 9.17) is 11.6 Å². The maximum Gasteiger partial charge on any atom is 0.280 e. The van der Waals surface area contributed by atoms with Gasteiger partial charge in [-0.1, -0.05) is 11.6 Å². The van der Waals surface area contributed by atoms with Crippen molar-refractivity contribution >= 4 is 38.4 Å². The molecular weight excluding hydrogens is 330 g/mol. The van der Waals surface area contributed by atoms with Crippen LogP contribution in [0.1, 0.15) is 5.69 Å². The van der Waals surface area contributed by atoms with Gasteiger partial charge in [-0.2, -0.15) is 0 Å². The Morgan fingerprint density at radius 2 is 2.00 bits per heavy atom. The van der Waals surface area contributed by atoms with E-state index in [0.29, 0.717) is 10.4 Å². The van der Waals surface area contributed by atoms with Gasteiger partial charge in [0.2, 0.25) is 0 Å². The highest BCUT2D eigenvalue weighted by Gasteiger charge is 2.12. The van der Waals surface area contributed by atoms with E-state index < -0.39 is 0 Å². The second-order valence-electron chi connectivity index (χ2n) is 4.18. The lowest BCUT2D eigenvalue weighted by Gasteiger charge is -2.01. The van der Waals surface area contributed by atoms with Gasteiger partial charge in [0.1, 0.15) is 0 Å². The molecule has 3 aromatic rings. The van der Waals surface area contributed by atoms with E-state index in [2.05, 4.69) is 26.0 Å². The van der Waals surface area contributed by atoms with Gasteiger partial charge in [-0.15, -0.1) is 0 Å². The number of nitrogens with one attached hydrogen (secondary N) is 1. The summed E-state index contributed by atoms with van der Waals surface area (Å²) in [5.74, 6) is 0. The minimum atomic E-state index is -0.134. The van der Waals surface area contributed by atoms with E-state index in [0.717, 1.165) is 21.4 Å². The minimum absolute atomic E-state index is 0.134. The predicted octanol–water partition coefficient (Wildman–Crippen LogP) is 3.44. The summed E-state index contributed by atoms with van der Waals surface area (Å²) in [6.07, 6.45) is 1.58. The van der Waals surface area contributed by atoms with Crippen LogP contribution in [0.4, 0.5) is 0 Å². The van der Waals surface area contributed by atoms with Crippen molar-refractivity contribution in [2.45, 2.75) is 6.92 Å². The summed E-state index contributed by atoms with van der Waals surface area (Å²) in [7, 11) is 0. The smallest absolute Gasteiger partial charge is 0.280 e. The number of nitrogens with zero attached hydrogens (tertiary/aromatic N) is 2. The van der Waals surface area contributed by atoms with Crippen LogP contribution in [0.25, 0.3) is 16.6 Å². The third kappa shape index (κ3) is 1.99. The molecule has 0 aliphatic rings. The molecule has 2 heterocycles. The molecule has 0 aliphatic carbocycles. The van der Waals surface area contributed by atoms with Gasteiger partial charge in [0.15, 0.2) is 0 Å². The van der Waals surface area contributed by atoms with Crippen molar-refractivity contribution in [3.8, 4) is 5.69 Å². The molecule has 2 aromatic heterocycles. The molecule has 0 amide bonds. The molecule has 3 rings (SSSR count). The molecule has 96 valence electrons. The number of H-pyrrole nitrogens is 1. The molecule has 0 fully saturated rings. The van der Waals surface area contributed by atoms with E-state index in [1.54, 1.807) is 30.5 Å². The largest absolute Gasteiger partial charge is 0.289 e. The maximum absolute atomic E-state index is 12.3. The van der Waals surface area contributed by atoms with Gasteiger partial charge in [-0.05, 0) is 47.1 Å². The fourth-order valence-electron chi connectivity index (χ4n) is 1.91. The third-order valence-corrected chi connectivity index (χ3v) is 4.16. The van der Waals surface area contributed by atoms with E-state index >= 15 is 0 Å². The lowest BCUT2D eigenvalue weighted by molar-refractivity contribution is 0.863. The molecule has 6 heteroatoms. The van der Waals surface area contributed by atoms with Crippen molar-refractivity contribution in [1.82, 2.24) is 14.8 Å². The second-order valence-corrected chi connectivity index (χ2v) is 5.40. The number of hydrogen-bond acceptors (Lipinski definition) is 2. The van der Waals surface area contributed by atoms with Crippen LogP contribution in [0.2, 0.25) is 5.02 Å². The molecule has 19 heavy (non-hydrogen) atoms. The summed E-state index contributed by atoms with van der Waals surface area (Å²) in [6.45, 7) is 1.88. The summed E-state index contributed by atoms with van der Waals surface area (Å²) in [5.41, 5.74) is 2.17. The third-order valence-electron chi connectivity index (χ3n) is 2.94. The lowest BCUT2D eigenvalue weighted by Crippen LogP contribution is -2.14. The van der Waals surface area contributed by atoms with Crippen LogP contribution in [0, 0.1) is 6.92 Å². The summed E-state index contributed by atoms with van der Waals surface area (Å²) in [6, 6.07) is 7.06. The maximum atomic E-state index is 12.3. The second kappa shape index (κ2) is 4.51. The fraction of sp³-hybridized carbons (Fsp3) is 0.0769. The van der Waals surface area contributed by atoms with E-state index in [1.807, 2.05) is 6.92 Å². The highest BCUT2D eigenvalue weighted by Crippen LogP contribution is 2.23. The number of pyridine rings is 1. The first-order valence-corrected chi connectivity index (χ1v) is 6.77. The van der Waals surface area contributed by atoms with E-state index in [1.165, 1.54) is 4.68 Å². The molecule has 0 radical (unpaired) electrons. The molecule has 0 unspecified atom stereocenters. The monoisotopic (exact) mass is 337 g/mol. The molecule has 0 saturated carbocycles. The van der Waals surface area contributed by atoms with Crippen molar-refractivity contribution < 1.29 is 0 Å². The highest BCUT2D eigenvalue weighted by molar-refractivity contribution is 9.10. The van der Waals surface area contributed by atoms with Gasteiger partial charge in [0.25, 0.3) is 5.56 Å². The number of aryl methyl sites for hydroxylation is 1. The first-order valence-electron chi connectivity index (χ1n) is 5.59. The van der Waals surface area contributed by atoms with Crippen molar-refractivity contribution in [3.63, 3.8) is 0 Å². The zero-order valence-electron chi connectivity index (χ0n) is 9.95. The molecule has 0 aliphatic heterocycles. The van der Waals surface area contributed by atoms with Crippen LogP contribution < -0.4 is 5.56 Å². The standard InChI is InChI=1S/C13H9BrClN3O/c1-7-11(14)12-10(6-16-7)13(19)18(17-12)9-4-2-8(15)3-5-9/h2-6,17H,1H3. The minimum Gasteiger partial charge on any atom is -0.289 e. The summed E-state index contributed by atoms with van der Waals surface area (Å²) in [5, 5.41) is 4.26. The zero-order chi connectivity index (χ0) is 13.6. The number of aromatic amines is 1. The molecular formula is C13H9BrClN3O. The average molecular weight is 339 g/mol. The lowest BCUT2D eigenvalue weighted by atomic mass is 10.3. The quantitative estimate of drug-likeness (QED) is 0.739. The van der Waals surface area contributed by atoms with Crippen LogP contribution in [0.3, 0.4) is 0 Å². The Kier molecular flexibility index (Phi) is 2.95. The van der Waals surface area contributed by atoms with Crippen LogP contribution in [-0.4, -0.2) is 14.8 Å². The summed E-state index contributed by atoms with van der Waals surface area (Å²) >= 11 is 9.29. The van der Waals surface area contributed by atoms with Gasteiger partial charge in [0.05, 0.1) is 26.8 Å². The van der Waals surface area contributed by atoms with Crippen molar-refractivity contribution in [3.05, 3.63) is 56.0 Å². The van der Waals surface area contributed by atoms with Gasteiger partial charge in [0, 0.05) is 11.2 Å². The van der Waals surface area contributed by atoms with E-state index in [9.17, 15) is 4.79 Å². The van der Waals surface area contributed by atoms with Crippen LogP contribution >= 0.6 is 27.5 Å². The fourth-order valence-corrected chi connectivity index (χ4v) is 2.44. The molecule has 1 N–H and O–H groups in total. The van der Waals surface area contributed by atoms with Gasteiger partial charge >= 0.3 is 0 Å². The van der Waals surface area contributed by atoms with Gasteiger partial charge in [-0.3, -0.25) is 14.9 Å². The predicted molar refractivity (Wildman–Crippen MR) is 79.1 cm³/mol. The molecule has 0 spiro atoms. The number of aromatic nitrogens is 3. The molecule has 0 bridgehead atoms. The van der Waals surface area contributed by atoms with Crippen LogP contribution in [0.15, 0.2) is 39.7 Å². The van der Waals surface area contributed by atoms with Gasteiger partial charge in [-0.25, -0.2) is 4.68 Å². The summed E-state index contributed by atoms with van der Waals surface area (Å²) < 4.78 is 2.28. The Balaban J connectivity index is 2.31. The number of rotatable bonds is 1. The SMILES string of the molecule is Cc1ncc2c(=O)n(-c3ccc(Cl)cc3)[nH]c2c1Br. The molecule has 0 atom stereocenters. The van der Waals surface area contributed by atoms with Gasteiger partial charge < -0.3 is 0 Å². The Morgan fingerprint density at radius 3 is 2.68 bits per heavy atom. The normalized spacial score (nSPS) is 11.1. The first-order chi connectivity index (χ1) is 9.08. The molecule has 4 nitrogen and oxygen atoms in total. The Hall–Kier alpha value is -1.59. The Labute approximate surface area is 122 Å². The Bertz CT molecular complexity index is 820. The van der Waals surface area contributed by atoms with Crippen molar-refractivity contribution in [1.29, 1.82) is 0 Å². The first kappa shape index (κ1) is 12.4. The number of fused-ring (bicyclic) bond motifs is 1.